The first kappa shape index (κ1) is 16.1. The standard InChI is InChI=1S/B.Ba.F2O/c;;1-3-2. The number of hydrogen-bond donors (Lipinski definition) is 0. The fourth-order valence-corrected chi connectivity index (χ4v) is 0. The van der Waals surface area contributed by atoms with Gasteiger partial charge in [-0.05, 0) is 9.05 Å². The van der Waals surface area contributed by atoms with E-state index in [0.29, 0.717) is 0 Å². The van der Waals surface area contributed by atoms with Gasteiger partial charge in [-0.2, -0.15) is 0 Å². The van der Waals surface area contributed by atoms with Crippen LogP contribution in [0.3, 0.4) is 0 Å². The Morgan fingerprint density at radius 1 is 1.20 bits per heavy atom. The molecule has 5 heteroatoms. The summed E-state index contributed by atoms with van der Waals surface area (Å²) in [6.07, 6.45) is 0. The van der Waals surface area contributed by atoms with E-state index in [1.165, 1.54) is 5.15 Å². The van der Waals surface area contributed by atoms with Crippen molar-refractivity contribution in [3.63, 3.8) is 0 Å². The summed E-state index contributed by atoms with van der Waals surface area (Å²) < 4.78 is 18.2. The molecule has 0 aromatic heterocycles. The van der Waals surface area contributed by atoms with Crippen LogP contribution in [0.1, 0.15) is 0 Å². The van der Waals surface area contributed by atoms with Crippen LogP contribution in [0.5, 0.6) is 0 Å². The van der Waals surface area contributed by atoms with E-state index < -0.39 is 0 Å². The maximum atomic E-state index is 9.12. The molecule has 0 saturated heterocycles. The third kappa shape index (κ3) is 30.7. The Morgan fingerprint density at radius 3 is 1.20 bits per heavy atom. The second-order valence-corrected chi connectivity index (χ2v) is 0.0583. The quantitative estimate of drug-likeness (QED) is 0.503. The van der Waals surface area contributed by atoms with Crippen LogP contribution in [0.15, 0.2) is 0 Å². The summed E-state index contributed by atoms with van der Waals surface area (Å²) in [5.74, 6) is 0. The largest absolute Gasteiger partial charge is 0.0209 e. The summed E-state index contributed by atoms with van der Waals surface area (Å²) in [6, 6.07) is 0. The average molecular weight is 202 g/mol. The van der Waals surface area contributed by atoms with E-state index in [4.69, 9.17) is 9.05 Å². The molecule has 0 aromatic carbocycles. The molecule has 0 atom stereocenters. The van der Waals surface area contributed by atoms with E-state index in [1.807, 2.05) is 0 Å². The molecule has 0 amide bonds. The number of halogens is 2. The van der Waals surface area contributed by atoms with Crippen molar-refractivity contribution in [1.29, 1.82) is 0 Å². The van der Waals surface area contributed by atoms with Gasteiger partial charge in [-0.3, -0.25) is 0 Å². The second kappa shape index (κ2) is 18.0. The van der Waals surface area contributed by atoms with E-state index in [0.717, 1.165) is 0 Å². The van der Waals surface area contributed by atoms with Crippen molar-refractivity contribution in [2.24, 2.45) is 0 Å². The van der Waals surface area contributed by atoms with Crippen LogP contribution in [-0.4, -0.2) is 57.3 Å². The van der Waals surface area contributed by atoms with E-state index in [1.54, 1.807) is 0 Å². The summed E-state index contributed by atoms with van der Waals surface area (Å²) in [5, 5.41) is 1.25. The molecule has 0 aliphatic rings. The molecule has 0 aliphatic carbocycles. The number of hydrogen-bond acceptors (Lipinski definition) is 1. The van der Waals surface area contributed by atoms with E-state index in [9.17, 15) is 0 Å². The zero-order valence-electron chi connectivity index (χ0n) is 2.45. The molecular formula is BBaF2O. The fraction of sp³-hybridized carbons (Fsp3) is 0. The van der Waals surface area contributed by atoms with E-state index in [2.05, 4.69) is 0 Å². The van der Waals surface area contributed by atoms with Gasteiger partial charge in [0.25, 0.3) is 0 Å². The van der Waals surface area contributed by atoms with Gasteiger partial charge < -0.3 is 0 Å². The molecule has 5 heavy (non-hydrogen) atoms. The Kier molecular flexibility index (Phi) is 57.8. The average Bonchev–Trinajstić information content (AvgIpc) is 0.918. The molecule has 0 rings (SSSR count). The van der Waals surface area contributed by atoms with Gasteiger partial charge in [0.15, 0.2) is 0 Å². The third-order valence-corrected chi connectivity index (χ3v) is 0. The summed E-state index contributed by atoms with van der Waals surface area (Å²) in [7, 11) is 0. The molecule has 0 spiro atoms. The van der Waals surface area contributed by atoms with Crippen LogP contribution in [0, 0.1) is 0 Å². The van der Waals surface area contributed by atoms with Gasteiger partial charge in [0.1, 0.15) is 0 Å². The third-order valence-electron chi connectivity index (χ3n) is 0. The predicted octanol–water partition coefficient (Wildman–Crippen LogP) is 0.0104. The van der Waals surface area contributed by atoms with Gasteiger partial charge in [-0.1, -0.05) is 0 Å². The van der Waals surface area contributed by atoms with E-state index >= 15 is 0 Å². The van der Waals surface area contributed by atoms with Crippen molar-refractivity contribution in [2.45, 2.75) is 0 Å². The summed E-state index contributed by atoms with van der Waals surface area (Å²) in [6.45, 7) is 0. The van der Waals surface area contributed by atoms with Crippen LogP contribution in [-0.2, 0) is 5.15 Å². The molecule has 0 aliphatic heterocycles. The van der Waals surface area contributed by atoms with Crippen LogP contribution < -0.4 is 0 Å². The monoisotopic (exact) mass is 203 g/mol. The fourth-order valence-electron chi connectivity index (χ4n) is 0. The molecule has 0 saturated carbocycles. The minimum atomic E-state index is 0. The first-order valence-electron chi connectivity index (χ1n) is 0.309. The smallest absolute Gasteiger partial charge is 0.0104 e. The molecule has 0 aromatic rings. The van der Waals surface area contributed by atoms with Gasteiger partial charge >= 0.3 is 0 Å². The molecule has 0 bridgehead atoms. The maximum Gasteiger partial charge on any atom is 0.0209 e. The second-order valence-electron chi connectivity index (χ2n) is 0.0583. The topological polar surface area (TPSA) is 9.23 Å². The Balaban J connectivity index is -0.0000000200. The van der Waals surface area contributed by atoms with Crippen LogP contribution >= 0.6 is 0 Å². The Morgan fingerprint density at radius 2 is 1.20 bits per heavy atom. The zero-order valence-corrected chi connectivity index (χ0v) is 6.89. The molecule has 0 unspecified atom stereocenters. The molecule has 1 nitrogen and oxygen atoms in total. The van der Waals surface area contributed by atoms with Crippen molar-refractivity contribution in [2.75, 3.05) is 0 Å². The van der Waals surface area contributed by atoms with Gasteiger partial charge in [0, 0.05) is 62.4 Å². The Bertz CT molecular complexity index is 9.61. The first-order chi connectivity index (χ1) is 1.41. The van der Waals surface area contributed by atoms with Gasteiger partial charge in [0.2, 0.25) is 0 Å². The van der Waals surface area contributed by atoms with Gasteiger partial charge in [0.05, 0.1) is 0 Å². The first-order valence-corrected chi connectivity index (χ1v) is 0.309. The summed E-state index contributed by atoms with van der Waals surface area (Å²) in [5.41, 5.74) is 0. The maximum absolute atomic E-state index is 9.12. The Hall–Kier alpha value is 1.46. The van der Waals surface area contributed by atoms with Crippen molar-refractivity contribution in [3.8, 4) is 0 Å². The van der Waals surface area contributed by atoms with Crippen LogP contribution in [0.2, 0.25) is 0 Å². The minimum Gasteiger partial charge on any atom is -0.0104 e. The van der Waals surface area contributed by atoms with E-state index in [-0.39, 0.29) is 57.3 Å². The Labute approximate surface area is 70.5 Å². The molecule has 0 heterocycles. The minimum absolute atomic E-state index is 0. The van der Waals surface area contributed by atoms with Crippen molar-refractivity contribution < 1.29 is 14.2 Å². The molecule has 0 fully saturated rings. The molecule has 25 valence electrons. The van der Waals surface area contributed by atoms with Crippen LogP contribution in [0.25, 0.3) is 0 Å². The zero-order chi connectivity index (χ0) is 2.71. The SMILES string of the molecule is FOF.[B].[Ba]. The summed E-state index contributed by atoms with van der Waals surface area (Å²) >= 11 is 0. The van der Waals surface area contributed by atoms with Crippen molar-refractivity contribution >= 4 is 57.3 Å². The molecular weight excluding hydrogens is 202 g/mol. The molecule has 0 N–H and O–H groups in total. The molecule has 5 radical (unpaired) electrons. The van der Waals surface area contributed by atoms with Crippen LogP contribution in [0.4, 0.5) is 9.05 Å². The van der Waals surface area contributed by atoms with Crippen molar-refractivity contribution in [3.05, 3.63) is 0 Å². The predicted molar refractivity (Wildman–Crippen MR) is 14.8 cm³/mol. The number of rotatable bonds is 0. The normalized spacial score (nSPS) is 3.60. The van der Waals surface area contributed by atoms with Crippen molar-refractivity contribution in [1.82, 2.24) is 0 Å². The van der Waals surface area contributed by atoms with Gasteiger partial charge in [-0.25, -0.2) is 0 Å². The summed E-state index contributed by atoms with van der Waals surface area (Å²) in [4.78, 5) is 0. The van der Waals surface area contributed by atoms with Gasteiger partial charge in [-0.15, -0.1) is 0 Å².